The second-order valence-corrected chi connectivity index (χ2v) is 9.07. The number of rotatable bonds is 7. The van der Waals surface area contributed by atoms with Crippen molar-refractivity contribution in [1.29, 1.82) is 0 Å². The maximum absolute atomic E-state index is 12.6. The summed E-state index contributed by atoms with van der Waals surface area (Å²) in [5.74, 6) is 0.759. The third-order valence-electron chi connectivity index (χ3n) is 5.76. The second kappa shape index (κ2) is 9.82. The van der Waals surface area contributed by atoms with Gasteiger partial charge in [-0.2, -0.15) is 4.98 Å². The number of nitrogens with one attached hydrogen (secondary N) is 2. The summed E-state index contributed by atoms with van der Waals surface area (Å²) in [5.41, 5.74) is 1.13. The van der Waals surface area contributed by atoms with Gasteiger partial charge < -0.3 is 15.4 Å². The predicted molar refractivity (Wildman–Crippen MR) is 119 cm³/mol. The van der Waals surface area contributed by atoms with E-state index in [-0.39, 0.29) is 12.6 Å². The fourth-order valence-corrected chi connectivity index (χ4v) is 4.38. The quantitative estimate of drug-likeness (QED) is 0.428. The van der Waals surface area contributed by atoms with Crippen LogP contribution in [0.4, 0.5) is 19.1 Å². The van der Waals surface area contributed by atoms with E-state index >= 15 is 0 Å². The Morgan fingerprint density at radius 2 is 2.00 bits per heavy atom. The lowest BCUT2D eigenvalue weighted by atomic mass is 9.87. The number of nitrogens with zero attached hydrogens (tertiary/aromatic N) is 3. The summed E-state index contributed by atoms with van der Waals surface area (Å²) in [4.78, 5) is 24.0. The lowest BCUT2D eigenvalue weighted by molar-refractivity contribution is -0.330. The first kappa shape index (κ1) is 23.7. The summed E-state index contributed by atoms with van der Waals surface area (Å²) < 4.78 is 43.6. The summed E-state index contributed by atoms with van der Waals surface area (Å²) in [6.07, 6.45) is -0.109. The lowest BCUT2D eigenvalue weighted by Gasteiger charge is -2.25. The van der Waals surface area contributed by atoms with E-state index in [0.717, 1.165) is 25.7 Å². The van der Waals surface area contributed by atoms with E-state index in [4.69, 9.17) is 0 Å². The van der Waals surface area contributed by atoms with Gasteiger partial charge in [-0.05, 0) is 54.9 Å². The first-order valence-electron chi connectivity index (χ1n) is 10.5. The largest absolute Gasteiger partial charge is 0.522 e. The molecule has 2 heterocycles. The highest BCUT2D eigenvalue weighted by Crippen LogP contribution is 2.25. The molecule has 0 unspecified atom stereocenters. The zero-order valence-corrected chi connectivity index (χ0v) is 19.1. The van der Waals surface area contributed by atoms with Gasteiger partial charge in [-0.15, -0.1) is 13.2 Å². The van der Waals surface area contributed by atoms with Crippen LogP contribution in [-0.4, -0.2) is 43.6 Å². The Morgan fingerprint density at radius 3 is 2.73 bits per heavy atom. The number of ether oxygens (including phenoxy) is 1. The van der Waals surface area contributed by atoms with E-state index in [1.807, 2.05) is 0 Å². The minimum Gasteiger partial charge on any atom is -0.393 e. The third kappa shape index (κ3) is 6.12. The Kier molecular flexibility index (Phi) is 7.05. The van der Waals surface area contributed by atoms with E-state index in [9.17, 15) is 23.1 Å². The van der Waals surface area contributed by atoms with Crippen LogP contribution in [0.25, 0.3) is 11.2 Å². The number of aliphatic hydroxyl groups is 1. The van der Waals surface area contributed by atoms with Gasteiger partial charge >= 0.3 is 12.1 Å². The van der Waals surface area contributed by atoms with Gasteiger partial charge in [-0.3, -0.25) is 9.30 Å². The standard InChI is InChI=1S/C21H23BrF3N5O3/c22-15-4-3-13(11-33-21(23,24)25)14(7-15)10-30-18-17(28-20(30)32)9-27-19(29-18)26-8-12-1-5-16(31)6-2-12/h3-4,7,9,12,16,31H,1-2,5-6,8,10-11H2,(H,28,32)(H,26,27,29). The van der Waals surface area contributed by atoms with Gasteiger partial charge in [-0.1, -0.05) is 22.0 Å². The van der Waals surface area contributed by atoms with Crippen LogP contribution in [0.2, 0.25) is 0 Å². The maximum Gasteiger partial charge on any atom is 0.522 e. The molecule has 0 amide bonds. The van der Waals surface area contributed by atoms with E-state index in [1.54, 1.807) is 12.1 Å². The number of H-pyrrole nitrogens is 1. The molecule has 33 heavy (non-hydrogen) atoms. The number of halogens is 4. The molecule has 1 fully saturated rings. The summed E-state index contributed by atoms with van der Waals surface area (Å²) in [5, 5.41) is 12.8. The van der Waals surface area contributed by atoms with Crippen molar-refractivity contribution >= 4 is 33.0 Å². The van der Waals surface area contributed by atoms with Gasteiger partial charge in [0.05, 0.1) is 25.5 Å². The number of anilines is 1. The molecule has 1 aromatic carbocycles. The third-order valence-corrected chi connectivity index (χ3v) is 6.26. The van der Waals surface area contributed by atoms with E-state index in [1.165, 1.54) is 16.8 Å². The summed E-state index contributed by atoms with van der Waals surface area (Å²) >= 11 is 3.32. The fourth-order valence-electron chi connectivity index (χ4n) is 3.97. The second-order valence-electron chi connectivity index (χ2n) is 8.15. The average molecular weight is 530 g/mol. The molecule has 1 aliphatic carbocycles. The molecule has 1 aliphatic rings. The predicted octanol–water partition coefficient (Wildman–Crippen LogP) is 3.93. The molecule has 178 valence electrons. The van der Waals surface area contributed by atoms with Crippen molar-refractivity contribution in [3.05, 3.63) is 50.5 Å². The van der Waals surface area contributed by atoms with Crippen molar-refractivity contribution in [3.8, 4) is 0 Å². The monoisotopic (exact) mass is 529 g/mol. The van der Waals surface area contributed by atoms with Crippen molar-refractivity contribution in [2.24, 2.45) is 5.92 Å². The van der Waals surface area contributed by atoms with Crippen molar-refractivity contribution in [1.82, 2.24) is 19.5 Å². The highest BCUT2D eigenvalue weighted by molar-refractivity contribution is 9.10. The Balaban J connectivity index is 1.55. The number of aromatic nitrogens is 4. The topological polar surface area (TPSA) is 105 Å². The van der Waals surface area contributed by atoms with E-state index in [2.05, 4.69) is 40.9 Å². The first-order chi connectivity index (χ1) is 15.7. The summed E-state index contributed by atoms with van der Waals surface area (Å²) in [7, 11) is 0. The number of hydrogen-bond acceptors (Lipinski definition) is 6. The Morgan fingerprint density at radius 1 is 1.24 bits per heavy atom. The molecule has 2 aromatic heterocycles. The molecule has 0 atom stereocenters. The zero-order chi connectivity index (χ0) is 23.6. The molecular formula is C21H23BrF3N5O3. The first-order valence-corrected chi connectivity index (χ1v) is 11.3. The van der Waals surface area contributed by atoms with Gasteiger partial charge in [0.2, 0.25) is 5.95 Å². The van der Waals surface area contributed by atoms with Crippen LogP contribution in [0.5, 0.6) is 0 Å². The highest BCUT2D eigenvalue weighted by Gasteiger charge is 2.29. The molecule has 12 heteroatoms. The molecule has 0 saturated heterocycles. The van der Waals surface area contributed by atoms with Crippen molar-refractivity contribution in [2.75, 3.05) is 11.9 Å². The minimum atomic E-state index is -4.76. The molecule has 1 saturated carbocycles. The minimum absolute atomic E-state index is 0.00574. The van der Waals surface area contributed by atoms with Gasteiger partial charge in [0.25, 0.3) is 0 Å². The number of benzene rings is 1. The van der Waals surface area contributed by atoms with Crippen LogP contribution >= 0.6 is 15.9 Å². The molecule has 3 aromatic rings. The van der Waals surface area contributed by atoms with Crippen molar-refractivity contribution in [2.45, 2.75) is 51.3 Å². The molecule has 0 bridgehead atoms. The SMILES string of the molecule is O=c1[nH]c2cnc(NCC3CCC(O)CC3)nc2n1Cc1cc(Br)ccc1COC(F)(F)F. The number of fused-ring (bicyclic) bond motifs is 1. The van der Waals surface area contributed by atoms with Gasteiger partial charge in [0.1, 0.15) is 5.52 Å². The Bertz CT molecular complexity index is 1170. The van der Waals surface area contributed by atoms with Crippen LogP contribution in [0, 0.1) is 5.92 Å². The van der Waals surface area contributed by atoms with Gasteiger partial charge in [0.15, 0.2) is 5.65 Å². The molecule has 0 radical (unpaired) electrons. The maximum atomic E-state index is 12.6. The van der Waals surface area contributed by atoms with Gasteiger partial charge in [0, 0.05) is 11.0 Å². The molecule has 4 rings (SSSR count). The molecule has 3 N–H and O–H groups in total. The lowest BCUT2D eigenvalue weighted by Crippen LogP contribution is -2.24. The fraction of sp³-hybridized carbons (Fsp3) is 0.476. The Hall–Kier alpha value is -2.44. The molecule has 0 spiro atoms. The van der Waals surface area contributed by atoms with Crippen LogP contribution in [0.1, 0.15) is 36.8 Å². The van der Waals surface area contributed by atoms with E-state index < -0.39 is 18.7 Å². The number of alkyl halides is 3. The number of hydrogen-bond donors (Lipinski definition) is 3. The van der Waals surface area contributed by atoms with E-state index in [0.29, 0.717) is 45.2 Å². The molecular weight excluding hydrogens is 507 g/mol. The number of imidazole rings is 1. The zero-order valence-electron chi connectivity index (χ0n) is 17.5. The van der Waals surface area contributed by atoms with Crippen molar-refractivity contribution in [3.63, 3.8) is 0 Å². The van der Waals surface area contributed by atoms with Crippen LogP contribution in [0.3, 0.4) is 0 Å². The van der Waals surface area contributed by atoms with Crippen LogP contribution in [-0.2, 0) is 17.9 Å². The average Bonchev–Trinajstić information content (AvgIpc) is 3.06. The summed E-state index contributed by atoms with van der Waals surface area (Å²) in [6.45, 7) is -0.00960. The number of aromatic amines is 1. The van der Waals surface area contributed by atoms with Crippen molar-refractivity contribution < 1.29 is 23.0 Å². The highest BCUT2D eigenvalue weighted by atomic mass is 79.9. The molecule has 0 aliphatic heterocycles. The van der Waals surface area contributed by atoms with Crippen LogP contribution in [0.15, 0.2) is 33.7 Å². The Labute approximate surface area is 195 Å². The van der Waals surface area contributed by atoms with Crippen LogP contribution < -0.4 is 11.0 Å². The van der Waals surface area contributed by atoms with Gasteiger partial charge in [-0.25, -0.2) is 9.78 Å². The molecule has 8 nitrogen and oxygen atoms in total. The smallest absolute Gasteiger partial charge is 0.393 e. The summed E-state index contributed by atoms with van der Waals surface area (Å²) in [6, 6.07) is 4.79. The normalized spacial score (nSPS) is 19.2. The number of aliphatic hydroxyl groups excluding tert-OH is 1.